The van der Waals surface area contributed by atoms with Crippen LogP contribution >= 0.6 is 0 Å². The molecule has 0 aliphatic carbocycles. The Morgan fingerprint density at radius 3 is 1.53 bits per heavy atom. The van der Waals surface area contributed by atoms with Crippen LogP contribution in [0.5, 0.6) is 0 Å². The topological polar surface area (TPSA) is 0 Å². The van der Waals surface area contributed by atoms with Gasteiger partial charge in [0.2, 0.25) is 0 Å². The molecule has 0 nitrogen and oxygen atoms in total. The third-order valence-corrected chi connectivity index (χ3v) is 8.93. The monoisotopic (exact) mass is 286 g/mol. The van der Waals surface area contributed by atoms with E-state index in [4.69, 9.17) is 0 Å². The van der Waals surface area contributed by atoms with Crippen molar-refractivity contribution in [3.05, 3.63) is 24.3 Å². The maximum absolute atomic E-state index is 2.35. The van der Waals surface area contributed by atoms with Gasteiger partial charge in [0.25, 0.3) is 0 Å². The van der Waals surface area contributed by atoms with Crippen LogP contribution in [-0.4, -0.2) is 0 Å². The van der Waals surface area contributed by atoms with E-state index in [0.29, 0.717) is 0 Å². The Bertz CT molecular complexity index is 184. The molecular weight excluding hydrogens is 258 g/mol. The van der Waals surface area contributed by atoms with Gasteiger partial charge in [-0.1, -0.05) is 0 Å². The van der Waals surface area contributed by atoms with E-state index in [1.165, 1.54) is 25.7 Å². The van der Waals surface area contributed by atoms with Crippen LogP contribution in [-0.2, 0) is 17.1 Å². The summed E-state index contributed by atoms with van der Waals surface area (Å²) in [5, 5.41) is 3.19. The van der Waals surface area contributed by atoms with Gasteiger partial charge in [-0.2, -0.15) is 0 Å². The molecule has 96 valence electrons. The summed E-state index contributed by atoms with van der Waals surface area (Å²) in [5.41, 5.74) is 0. The quantitative estimate of drug-likeness (QED) is 0.347. The molecule has 0 unspecified atom stereocenters. The predicted octanol–water partition coefficient (Wildman–Crippen LogP) is 5.89. The van der Waals surface area contributed by atoms with Crippen LogP contribution in [0.2, 0.25) is 10.0 Å². The van der Waals surface area contributed by atoms with Gasteiger partial charge in [-0.05, 0) is 0 Å². The van der Waals surface area contributed by atoms with Crippen molar-refractivity contribution in [1.82, 2.24) is 0 Å². The molecule has 0 aromatic heterocycles. The normalized spacial score (nSPS) is 15.3. The van der Waals surface area contributed by atoms with Crippen LogP contribution in [0.4, 0.5) is 0 Å². The van der Waals surface area contributed by atoms with Crippen LogP contribution in [0.3, 0.4) is 0 Å². The van der Waals surface area contributed by atoms with Crippen LogP contribution in [0, 0.1) is 11.8 Å². The molecule has 0 N–H and O–H groups in total. The molecule has 0 aliphatic heterocycles. The predicted molar refractivity (Wildman–Crippen MR) is 76.0 cm³/mol. The molecule has 2 atom stereocenters. The van der Waals surface area contributed by atoms with Gasteiger partial charge in [0.15, 0.2) is 0 Å². The molecule has 0 spiro atoms. The summed E-state index contributed by atoms with van der Waals surface area (Å²) in [6.07, 6.45) is 14.5. The fraction of sp³-hybridized carbons (Fsp3) is 0.750. The average Bonchev–Trinajstić information content (AvgIpc) is 2.37. The van der Waals surface area contributed by atoms with Crippen molar-refractivity contribution < 1.29 is 17.1 Å². The fourth-order valence-electron chi connectivity index (χ4n) is 2.33. The Hall–Kier alpha value is 0.103. The molecule has 0 aromatic rings. The van der Waals surface area contributed by atoms with E-state index in [0.717, 1.165) is 11.8 Å². The number of hydrogen-bond donors (Lipinski definition) is 0. The van der Waals surface area contributed by atoms with Gasteiger partial charge in [-0.15, -0.1) is 0 Å². The Kier molecular flexibility index (Phi) is 12.6. The Morgan fingerprint density at radius 2 is 1.24 bits per heavy atom. The molecule has 0 saturated heterocycles. The van der Waals surface area contributed by atoms with Gasteiger partial charge in [-0.25, -0.2) is 0 Å². The van der Waals surface area contributed by atoms with Gasteiger partial charge in [0.1, 0.15) is 0 Å². The van der Waals surface area contributed by atoms with Crippen LogP contribution in [0.15, 0.2) is 24.3 Å². The summed E-state index contributed by atoms with van der Waals surface area (Å²) in [6, 6.07) is 0. The van der Waals surface area contributed by atoms with E-state index >= 15 is 0 Å². The summed E-state index contributed by atoms with van der Waals surface area (Å²) in [5.74, 6) is 1.98. The van der Waals surface area contributed by atoms with Crippen molar-refractivity contribution in [3.63, 3.8) is 0 Å². The second-order valence-corrected chi connectivity index (χ2v) is 9.00. The third-order valence-electron chi connectivity index (χ3n) is 3.79. The van der Waals surface area contributed by atoms with Crippen LogP contribution < -0.4 is 0 Å². The molecule has 0 heterocycles. The minimum atomic E-state index is -0.263. The molecular formula is C16H30Zn. The molecule has 0 saturated carbocycles. The molecule has 1 heteroatoms. The van der Waals surface area contributed by atoms with E-state index in [-0.39, 0.29) is 17.1 Å². The summed E-state index contributed by atoms with van der Waals surface area (Å²) in [7, 11) is 0. The van der Waals surface area contributed by atoms with Crippen molar-refractivity contribution >= 4 is 0 Å². The zero-order valence-corrected chi connectivity index (χ0v) is 15.4. The summed E-state index contributed by atoms with van der Waals surface area (Å²) >= 11 is -0.263. The van der Waals surface area contributed by atoms with E-state index < -0.39 is 0 Å². The van der Waals surface area contributed by atoms with Crippen molar-refractivity contribution in [2.45, 2.75) is 63.4 Å². The molecule has 0 amide bonds. The zero-order valence-electron chi connectivity index (χ0n) is 12.4. The Balaban J connectivity index is 3.76. The standard InChI is InChI=1S/2C8H15.Zn/c2*1-4-6-7-8(3)5-2;/h2*4,6,8H,3,5,7H2,1-2H3;/t2*8-;/m00./s1. The maximum atomic E-state index is 2.35. The first kappa shape index (κ1) is 17.1. The van der Waals surface area contributed by atoms with E-state index in [1.807, 2.05) is 0 Å². The summed E-state index contributed by atoms with van der Waals surface area (Å²) < 4.78 is 0. The number of hydrogen-bond acceptors (Lipinski definition) is 0. The van der Waals surface area contributed by atoms with Crippen molar-refractivity contribution in [1.29, 1.82) is 0 Å². The van der Waals surface area contributed by atoms with E-state index in [1.54, 1.807) is 10.0 Å². The minimum absolute atomic E-state index is 0.263. The van der Waals surface area contributed by atoms with Gasteiger partial charge in [-0.3, -0.25) is 0 Å². The summed E-state index contributed by atoms with van der Waals surface area (Å²) in [4.78, 5) is 0. The first-order valence-electron chi connectivity index (χ1n) is 7.50. The van der Waals surface area contributed by atoms with Crippen molar-refractivity contribution in [2.75, 3.05) is 0 Å². The first-order valence-corrected chi connectivity index (χ1v) is 11.7. The van der Waals surface area contributed by atoms with Gasteiger partial charge in [0, 0.05) is 0 Å². The molecule has 0 aromatic carbocycles. The molecule has 0 radical (unpaired) electrons. The van der Waals surface area contributed by atoms with Crippen molar-refractivity contribution in [2.24, 2.45) is 11.8 Å². The number of allylic oxidation sites excluding steroid dienone is 4. The third kappa shape index (κ3) is 9.77. The second kappa shape index (κ2) is 12.6. The van der Waals surface area contributed by atoms with Gasteiger partial charge < -0.3 is 0 Å². The molecule has 17 heavy (non-hydrogen) atoms. The molecule has 0 aliphatic rings. The SMILES string of the molecule is CC=CC[C@H](CC)[CH2][Zn][CH2][C@@H](CC)CC=CC. The second-order valence-electron chi connectivity index (χ2n) is 5.09. The zero-order chi connectivity index (χ0) is 12.9. The summed E-state index contributed by atoms with van der Waals surface area (Å²) in [6.45, 7) is 8.98. The molecule has 0 fully saturated rings. The van der Waals surface area contributed by atoms with E-state index in [9.17, 15) is 0 Å². The Morgan fingerprint density at radius 1 is 0.824 bits per heavy atom. The molecule has 0 bridgehead atoms. The van der Waals surface area contributed by atoms with Crippen LogP contribution in [0.1, 0.15) is 53.4 Å². The average molecular weight is 288 g/mol. The molecule has 0 rings (SSSR count). The van der Waals surface area contributed by atoms with Crippen LogP contribution in [0.25, 0.3) is 0 Å². The van der Waals surface area contributed by atoms with Crippen molar-refractivity contribution in [3.8, 4) is 0 Å². The Labute approximate surface area is 117 Å². The van der Waals surface area contributed by atoms with E-state index in [2.05, 4.69) is 52.0 Å². The van der Waals surface area contributed by atoms with Gasteiger partial charge in [0.05, 0.1) is 0 Å². The van der Waals surface area contributed by atoms with Gasteiger partial charge >= 0.3 is 117 Å². The first-order chi connectivity index (χ1) is 8.28. The number of rotatable bonds is 10. The fourth-order valence-corrected chi connectivity index (χ4v) is 7.95.